The fourth-order valence-electron chi connectivity index (χ4n) is 2.53. The number of rotatable bonds is 2. The van der Waals surface area contributed by atoms with Crippen LogP contribution in [0.25, 0.3) is 0 Å². The molecule has 1 unspecified atom stereocenters. The second kappa shape index (κ2) is 4.56. The van der Waals surface area contributed by atoms with Crippen LogP contribution in [0.1, 0.15) is 29.5 Å². The molecule has 0 aromatic heterocycles. The number of aromatic hydroxyl groups is 2. The fraction of sp³-hybridized carbons (Fsp3) is 0.188. The van der Waals surface area contributed by atoms with Gasteiger partial charge in [0.2, 0.25) is 0 Å². The highest BCUT2D eigenvalue weighted by Gasteiger charge is 2.35. The van der Waals surface area contributed by atoms with Crippen molar-refractivity contribution < 1.29 is 19.7 Å². The van der Waals surface area contributed by atoms with Gasteiger partial charge >= 0.3 is 5.97 Å². The first kappa shape index (κ1) is 12.5. The lowest BCUT2D eigenvalue weighted by atomic mass is 9.91. The lowest BCUT2D eigenvalue weighted by Gasteiger charge is -2.10. The van der Waals surface area contributed by atoms with Crippen LogP contribution in [0.5, 0.6) is 17.2 Å². The van der Waals surface area contributed by atoms with E-state index in [4.69, 9.17) is 4.74 Å². The van der Waals surface area contributed by atoms with Crippen LogP contribution < -0.4 is 4.74 Å². The molecule has 1 heterocycles. The number of hydrogen-bond acceptors (Lipinski definition) is 4. The zero-order chi connectivity index (χ0) is 14.3. The van der Waals surface area contributed by atoms with E-state index in [1.807, 2.05) is 6.92 Å². The second-order valence-corrected chi connectivity index (χ2v) is 4.82. The van der Waals surface area contributed by atoms with Crippen molar-refractivity contribution in [3.8, 4) is 17.2 Å². The van der Waals surface area contributed by atoms with Gasteiger partial charge in [0.1, 0.15) is 23.2 Å². The molecule has 20 heavy (non-hydrogen) atoms. The average Bonchev–Trinajstić information content (AvgIpc) is 2.75. The van der Waals surface area contributed by atoms with E-state index in [0.717, 1.165) is 11.1 Å². The number of phenols is 2. The summed E-state index contributed by atoms with van der Waals surface area (Å²) in [5.41, 5.74) is 2.20. The Hall–Kier alpha value is -2.49. The minimum Gasteiger partial charge on any atom is -0.508 e. The maximum Gasteiger partial charge on any atom is 0.323 e. The predicted molar refractivity (Wildman–Crippen MR) is 73.1 cm³/mol. The molecule has 0 saturated heterocycles. The third-order valence-corrected chi connectivity index (χ3v) is 3.57. The van der Waals surface area contributed by atoms with Crippen LogP contribution >= 0.6 is 0 Å². The molecule has 0 bridgehead atoms. The van der Waals surface area contributed by atoms with Crippen molar-refractivity contribution in [3.63, 3.8) is 0 Å². The Morgan fingerprint density at radius 1 is 1.15 bits per heavy atom. The second-order valence-electron chi connectivity index (χ2n) is 4.82. The van der Waals surface area contributed by atoms with Crippen molar-refractivity contribution in [2.75, 3.05) is 0 Å². The third kappa shape index (κ3) is 1.90. The first-order valence-electron chi connectivity index (χ1n) is 6.46. The molecule has 0 radical (unpaired) electrons. The standard InChI is InChI=1S/C16H14O4/c1-2-9-7-10(3-5-13(9)18)15-12-8-11(17)4-6-14(12)20-16(15)19/h3-8,15,17-18H,2H2,1H3. The lowest BCUT2D eigenvalue weighted by molar-refractivity contribution is -0.133. The summed E-state index contributed by atoms with van der Waals surface area (Å²) in [7, 11) is 0. The average molecular weight is 270 g/mol. The molecule has 0 saturated carbocycles. The Labute approximate surface area is 116 Å². The molecule has 4 nitrogen and oxygen atoms in total. The van der Waals surface area contributed by atoms with Crippen LogP contribution in [-0.4, -0.2) is 16.2 Å². The Bertz CT molecular complexity index is 691. The molecule has 1 atom stereocenters. The van der Waals surface area contributed by atoms with Crippen molar-refractivity contribution in [2.24, 2.45) is 0 Å². The SMILES string of the molecule is CCc1cc(C2C(=O)Oc3ccc(O)cc32)ccc1O. The molecule has 2 N–H and O–H groups in total. The Morgan fingerprint density at radius 3 is 2.70 bits per heavy atom. The normalized spacial score (nSPS) is 16.9. The summed E-state index contributed by atoms with van der Waals surface area (Å²) in [5, 5.41) is 19.3. The van der Waals surface area contributed by atoms with Gasteiger partial charge < -0.3 is 14.9 Å². The molecule has 3 rings (SSSR count). The van der Waals surface area contributed by atoms with Gasteiger partial charge in [-0.25, -0.2) is 0 Å². The van der Waals surface area contributed by atoms with Gasteiger partial charge in [0.05, 0.1) is 0 Å². The molecule has 2 aromatic carbocycles. The molecule has 1 aliphatic rings. The summed E-state index contributed by atoms with van der Waals surface area (Å²) in [6.07, 6.45) is 0.675. The number of carbonyl (C=O) groups excluding carboxylic acids is 1. The van der Waals surface area contributed by atoms with E-state index >= 15 is 0 Å². The van der Waals surface area contributed by atoms with E-state index in [9.17, 15) is 15.0 Å². The highest BCUT2D eigenvalue weighted by atomic mass is 16.5. The maximum atomic E-state index is 12.1. The van der Waals surface area contributed by atoms with Crippen molar-refractivity contribution in [3.05, 3.63) is 53.1 Å². The first-order chi connectivity index (χ1) is 9.60. The number of phenolic OH excluding ortho intramolecular Hbond substituents is 2. The summed E-state index contributed by atoms with van der Waals surface area (Å²) in [6, 6.07) is 9.72. The maximum absolute atomic E-state index is 12.1. The van der Waals surface area contributed by atoms with E-state index in [-0.39, 0.29) is 17.5 Å². The van der Waals surface area contributed by atoms with E-state index in [2.05, 4.69) is 0 Å². The van der Waals surface area contributed by atoms with Crippen molar-refractivity contribution in [2.45, 2.75) is 19.3 Å². The monoisotopic (exact) mass is 270 g/mol. The molecule has 1 aliphatic heterocycles. The largest absolute Gasteiger partial charge is 0.508 e. The summed E-state index contributed by atoms with van der Waals surface area (Å²) < 4.78 is 5.22. The van der Waals surface area contributed by atoms with Crippen molar-refractivity contribution in [1.82, 2.24) is 0 Å². The molecular formula is C16H14O4. The van der Waals surface area contributed by atoms with Gasteiger partial charge in [0, 0.05) is 5.56 Å². The van der Waals surface area contributed by atoms with Crippen LogP contribution in [0.3, 0.4) is 0 Å². The summed E-state index contributed by atoms with van der Waals surface area (Å²) in [5.74, 6) is -0.120. The minimum atomic E-state index is -0.553. The quantitative estimate of drug-likeness (QED) is 0.650. The molecule has 2 aromatic rings. The number of hydrogen-bond donors (Lipinski definition) is 2. The molecule has 0 aliphatic carbocycles. The first-order valence-corrected chi connectivity index (χ1v) is 6.46. The van der Waals surface area contributed by atoms with E-state index in [1.165, 1.54) is 6.07 Å². The van der Waals surface area contributed by atoms with Crippen LogP contribution in [0.4, 0.5) is 0 Å². The highest BCUT2D eigenvalue weighted by molar-refractivity contribution is 5.89. The van der Waals surface area contributed by atoms with Crippen LogP contribution in [0, 0.1) is 0 Å². The molecule has 0 spiro atoms. The Morgan fingerprint density at radius 2 is 1.95 bits per heavy atom. The number of benzene rings is 2. The Balaban J connectivity index is 2.11. The van der Waals surface area contributed by atoms with Gasteiger partial charge in [-0.05, 0) is 41.8 Å². The number of carbonyl (C=O) groups is 1. The van der Waals surface area contributed by atoms with Gasteiger partial charge in [-0.15, -0.1) is 0 Å². The van der Waals surface area contributed by atoms with Crippen LogP contribution in [0.15, 0.2) is 36.4 Å². The molecule has 4 heteroatoms. The lowest BCUT2D eigenvalue weighted by Crippen LogP contribution is -2.11. The van der Waals surface area contributed by atoms with Gasteiger partial charge in [-0.1, -0.05) is 19.1 Å². The van der Waals surface area contributed by atoms with Crippen molar-refractivity contribution >= 4 is 5.97 Å². The van der Waals surface area contributed by atoms with Gasteiger partial charge in [-0.2, -0.15) is 0 Å². The number of fused-ring (bicyclic) bond motifs is 1. The summed E-state index contributed by atoms with van der Waals surface area (Å²) in [6.45, 7) is 1.94. The zero-order valence-corrected chi connectivity index (χ0v) is 11.0. The highest BCUT2D eigenvalue weighted by Crippen LogP contribution is 2.41. The molecule has 0 fully saturated rings. The predicted octanol–water partition coefficient (Wildman–Crippen LogP) is 2.71. The minimum absolute atomic E-state index is 0.0987. The van der Waals surface area contributed by atoms with Crippen molar-refractivity contribution in [1.29, 1.82) is 0 Å². The summed E-state index contributed by atoms with van der Waals surface area (Å²) in [4.78, 5) is 12.1. The smallest absolute Gasteiger partial charge is 0.323 e. The van der Waals surface area contributed by atoms with E-state index < -0.39 is 5.92 Å². The zero-order valence-electron chi connectivity index (χ0n) is 11.0. The third-order valence-electron chi connectivity index (χ3n) is 3.57. The van der Waals surface area contributed by atoms with Crippen LogP contribution in [-0.2, 0) is 11.2 Å². The number of ether oxygens (including phenoxy) is 1. The number of aryl methyl sites for hydroxylation is 1. The van der Waals surface area contributed by atoms with Gasteiger partial charge in [0.25, 0.3) is 0 Å². The van der Waals surface area contributed by atoms with Crippen LogP contribution in [0.2, 0.25) is 0 Å². The summed E-state index contributed by atoms with van der Waals surface area (Å²) >= 11 is 0. The van der Waals surface area contributed by atoms with E-state index in [0.29, 0.717) is 17.7 Å². The Kier molecular flexibility index (Phi) is 2.86. The topological polar surface area (TPSA) is 66.8 Å². The molecule has 102 valence electrons. The molecular weight excluding hydrogens is 256 g/mol. The fourth-order valence-corrected chi connectivity index (χ4v) is 2.53. The van der Waals surface area contributed by atoms with Gasteiger partial charge in [-0.3, -0.25) is 4.79 Å². The van der Waals surface area contributed by atoms with Gasteiger partial charge in [0.15, 0.2) is 0 Å². The van der Waals surface area contributed by atoms with E-state index in [1.54, 1.807) is 30.3 Å². The number of esters is 1. The molecule has 0 amide bonds.